The van der Waals surface area contributed by atoms with Crippen molar-refractivity contribution in [3.63, 3.8) is 0 Å². The van der Waals surface area contributed by atoms with Crippen LogP contribution in [-0.4, -0.2) is 0 Å². The van der Waals surface area contributed by atoms with Gasteiger partial charge in [-0.25, -0.2) is 0 Å². The highest BCUT2D eigenvalue weighted by molar-refractivity contribution is 4.13. The molecule has 0 saturated heterocycles. The average Bonchev–Trinajstić information content (AvgIpc) is 1.88. The van der Waals surface area contributed by atoms with Gasteiger partial charge in [0.15, 0.2) is 0 Å². The lowest BCUT2D eigenvalue weighted by molar-refractivity contribution is 0.886. The van der Waals surface area contributed by atoms with Gasteiger partial charge in [-0.15, -0.1) is 0 Å². The zero-order valence-electron chi connectivity index (χ0n) is 6.83. The molecule has 0 heterocycles. The largest absolute Gasteiger partial charge is 0.0654 e. The van der Waals surface area contributed by atoms with E-state index in [1.165, 1.54) is 25.7 Å². The van der Waals surface area contributed by atoms with Gasteiger partial charge < -0.3 is 0 Å². The van der Waals surface area contributed by atoms with Crippen LogP contribution in [0.3, 0.4) is 0 Å². The maximum atomic E-state index is 2.18. The first-order chi connectivity index (χ1) is 3.83. The Morgan fingerprint density at radius 1 is 0.625 bits per heavy atom. The Morgan fingerprint density at radius 3 is 0.750 bits per heavy atom. The molecule has 0 aromatic carbocycles. The second kappa shape index (κ2) is 15.8. The highest BCUT2D eigenvalue weighted by Gasteiger charge is 1.56. The van der Waals surface area contributed by atoms with Crippen molar-refractivity contribution in [3.8, 4) is 0 Å². The van der Waals surface area contributed by atoms with Gasteiger partial charge in [-0.3, -0.25) is 0 Å². The molecule has 0 bridgehead atoms. The minimum absolute atomic E-state index is 0. The van der Waals surface area contributed by atoms with Gasteiger partial charge in [-0.05, 0) is 0 Å². The standard InChI is InChI=1S/2C4H10.H2/c2*1-3-4-2;/h2*3-4H2,1-2H3;1H. The van der Waals surface area contributed by atoms with Crippen molar-refractivity contribution in [1.82, 2.24) is 0 Å². The van der Waals surface area contributed by atoms with Crippen molar-refractivity contribution in [2.45, 2.75) is 53.4 Å². The molecule has 0 unspecified atom stereocenters. The van der Waals surface area contributed by atoms with Crippen molar-refractivity contribution in [3.05, 3.63) is 0 Å². The van der Waals surface area contributed by atoms with Crippen LogP contribution in [0, 0.1) is 0 Å². The van der Waals surface area contributed by atoms with E-state index in [-0.39, 0.29) is 1.43 Å². The minimum Gasteiger partial charge on any atom is -0.0654 e. The number of hydrogen-bond donors (Lipinski definition) is 0. The molecule has 0 aliphatic heterocycles. The summed E-state index contributed by atoms with van der Waals surface area (Å²) in [5, 5.41) is 0. The number of hydrogen-bond acceptors (Lipinski definition) is 0. The maximum Gasteiger partial charge on any atom is 0 e. The lowest BCUT2D eigenvalue weighted by Crippen LogP contribution is -1.47. The molecule has 0 spiro atoms. The van der Waals surface area contributed by atoms with E-state index in [0.717, 1.165) is 0 Å². The van der Waals surface area contributed by atoms with Crippen LogP contribution >= 0.6 is 0 Å². The van der Waals surface area contributed by atoms with Crippen LogP contribution in [0.2, 0.25) is 0 Å². The first-order valence-corrected chi connectivity index (χ1v) is 3.83. The molecule has 0 amide bonds. The third-order valence-corrected chi connectivity index (χ3v) is 1.000. The fourth-order valence-electron chi connectivity index (χ4n) is 0. The molecule has 54 valence electrons. The Morgan fingerprint density at radius 2 is 0.750 bits per heavy atom. The summed E-state index contributed by atoms with van der Waals surface area (Å²) in [4.78, 5) is 0. The lowest BCUT2D eigenvalue weighted by atomic mass is 10.4. The van der Waals surface area contributed by atoms with E-state index >= 15 is 0 Å². The third-order valence-electron chi connectivity index (χ3n) is 1.000. The Kier molecular flexibility index (Phi) is 21.4. The van der Waals surface area contributed by atoms with E-state index in [9.17, 15) is 0 Å². The molecule has 0 rings (SSSR count). The normalized spacial score (nSPS) is 7.50. The minimum atomic E-state index is 0. The fraction of sp³-hybridized carbons (Fsp3) is 1.00. The zero-order valence-corrected chi connectivity index (χ0v) is 6.83. The van der Waals surface area contributed by atoms with Crippen molar-refractivity contribution in [2.24, 2.45) is 0 Å². The van der Waals surface area contributed by atoms with Gasteiger partial charge in [-0.1, -0.05) is 53.4 Å². The third kappa shape index (κ3) is 37.5. The summed E-state index contributed by atoms with van der Waals surface area (Å²) < 4.78 is 0. The number of rotatable bonds is 2. The summed E-state index contributed by atoms with van der Waals surface area (Å²) in [6, 6.07) is 0. The first-order valence-electron chi connectivity index (χ1n) is 3.83. The smallest absolute Gasteiger partial charge is 0 e. The molecule has 0 aromatic rings. The second-order valence-electron chi connectivity index (χ2n) is 2.00. The van der Waals surface area contributed by atoms with Crippen LogP contribution in [0.15, 0.2) is 0 Å². The molecular formula is C8H22. The summed E-state index contributed by atoms with van der Waals surface area (Å²) >= 11 is 0. The maximum absolute atomic E-state index is 2.18. The van der Waals surface area contributed by atoms with Crippen LogP contribution in [0.4, 0.5) is 0 Å². The molecule has 0 atom stereocenters. The molecule has 0 aromatic heterocycles. The van der Waals surface area contributed by atoms with Crippen LogP contribution in [0.25, 0.3) is 0 Å². The topological polar surface area (TPSA) is 0 Å². The Hall–Kier alpha value is 0. The van der Waals surface area contributed by atoms with Crippen molar-refractivity contribution in [1.29, 1.82) is 0 Å². The van der Waals surface area contributed by atoms with E-state index in [1.807, 2.05) is 0 Å². The summed E-state index contributed by atoms with van der Waals surface area (Å²) in [5.41, 5.74) is 0. The Labute approximate surface area is 55.8 Å². The quantitative estimate of drug-likeness (QED) is 0.516. The molecule has 0 heteroatoms. The van der Waals surface area contributed by atoms with Gasteiger partial charge in [0.2, 0.25) is 0 Å². The molecular weight excluding hydrogens is 96.1 g/mol. The predicted octanol–water partition coefficient (Wildman–Crippen LogP) is 3.86. The first kappa shape index (κ1) is 10.9. The molecule has 0 radical (unpaired) electrons. The highest BCUT2D eigenvalue weighted by atomic mass is 13.6. The fourth-order valence-corrected chi connectivity index (χ4v) is 0. The molecule has 0 fully saturated rings. The highest BCUT2D eigenvalue weighted by Crippen LogP contribution is 1.77. The van der Waals surface area contributed by atoms with Gasteiger partial charge in [0.1, 0.15) is 0 Å². The van der Waals surface area contributed by atoms with Gasteiger partial charge in [0.05, 0.1) is 0 Å². The van der Waals surface area contributed by atoms with Crippen molar-refractivity contribution in [2.75, 3.05) is 0 Å². The second-order valence-corrected chi connectivity index (χ2v) is 2.00. The lowest BCUT2D eigenvalue weighted by Gasteiger charge is -1.68. The SMILES string of the molecule is CCCC.CCCC.[HH]. The summed E-state index contributed by atoms with van der Waals surface area (Å²) in [7, 11) is 0. The molecule has 0 aliphatic rings. The predicted molar refractivity (Wildman–Crippen MR) is 43.3 cm³/mol. The zero-order chi connectivity index (χ0) is 6.83. The van der Waals surface area contributed by atoms with Crippen LogP contribution in [-0.2, 0) is 0 Å². The molecule has 0 aliphatic carbocycles. The van der Waals surface area contributed by atoms with E-state index in [0.29, 0.717) is 0 Å². The average molecular weight is 118 g/mol. The van der Waals surface area contributed by atoms with E-state index in [2.05, 4.69) is 27.7 Å². The molecule has 0 saturated carbocycles. The summed E-state index contributed by atoms with van der Waals surface area (Å²) in [6.45, 7) is 8.72. The van der Waals surface area contributed by atoms with E-state index < -0.39 is 0 Å². The van der Waals surface area contributed by atoms with Crippen LogP contribution in [0.5, 0.6) is 0 Å². The van der Waals surface area contributed by atoms with Gasteiger partial charge in [-0.2, -0.15) is 0 Å². The Bertz CT molecular complexity index is 12.5. The summed E-state index contributed by atoms with van der Waals surface area (Å²) in [6.07, 6.45) is 5.28. The van der Waals surface area contributed by atoms with Crippen LogP contribution in [0.1, 0.15) is 54.8 Å². The number of unbranched alkanes of at least 4 members (excludes halogenated alkanes) is 2. The molecule has 8 heavy (non-hydrogen) atoms. The molecule has 0 nitrogen and oxygen atoms in total. The van der Waals surface area contributed by atoms with E-state index in [1.54, 1.807) is 0 Å². The Balaban J connectivity index is -0.0000000720. The monoisotopic (exact) mass is 118 g/mol. The van der Waals surface area contributed by atoms with Gasteiger partial charge >= 0.3 is 0 Å². The van der Waals surface area contributed by atoms with Crippen molar-refractivity contribution >= 4 is 0 Å². The summed E-state index contributed by atoms with van der Waals surface area (Å²) in [5.74, 6) is 0. The van der Waals surface area contributed by atoms with E-state index in [4.69, 9.17) is 0 Å². The van der Waals surface area contributed by atoms with Gasteiger partial charge in [0.25, 0.3) is 0 Å². The van der Waals surface area contributed by atoms with Crippen LogP contribution < -0.4 is 0 Å². The van der Waals surface area contributed by atoms with Gasteiger partial charge in [0, 0.05) is 1.43 Å². The molecule has 0 N–H and O–H groups in total. The van der Waals surface area contributed by atoms with Crippen molar-refractivity contribution < 1.29 is 1.43 Å².